The average Bonchev–Trinajstić information content (AvgIpc) is 2.85. The summed E-state index contributed by atoms with van der Waals surface area (Å²) in [5.41, 5.74) is -0.556. The number of thiophene rings is 1. The van der Waals surface area contributed by atoms with Gasteiger partial charge in [0, 0.05) is 30.9 Å². The Bertz CT molecular complexity index is 399. The van der Waals surface area contributed by atoms with E-state index in [0.717, 1.165) is 0 Å². The van der Waals surface area contributed by atoms with Crippen molar-refractivity contribution in [3.8, 4) is 0 Å². The molecular weight excluding hydrogens is 262 g/mol. The van der Waals surface area contributed by atoms with Crippen molar-refractivity contribution in [2.45, 2.75) is 44.9 Å². The molecule has 0 spiro atoms. The minimum Gasteiger partial charge on any atom is -0.465 e. The largest absolute Gasteiger partial charge is 0.465 e. The first-order chi connectivity index (χ1) is 9.20. The Labute approximate surface area is 118 Å². The molecule has 0 aliphatic heterocycles. The molecule has 1 fully saturated rings. The smallest absolute Gasteiger partial charge is 0.326 e. The van der Waals surface area contributed by atoms with E-state index in [9.17, 15) is 4.79 Å². The summed E-state index contributed by atoms with van der Waals surface area (Å²) in [6.45, 7) is 5.62. The van der Waals surface area contributed by atoms with Crippen molar-refractivity contribution in [1.29, 1.82) is 0 Å². The molecule has 1 aliphatic carbocycles. The summed E-state index contributed by atoms with van der Waals surface area (Å²) >= 11 is 1.69. The van der Waals surface area contributed by atoms with Gasteiger partial charge in [-0.3, -0.25) is 10.1 Å². The predicted molar refractivity (Wildman–Crippen MR) is 75.2 cm³/mol. The Morgan fingerprint density at radius 1 is 1.47 bits per heavy atom. The van der Waals surface area contributed by atoms with Gasteiger partial charge >= 0.3 is 5.97 Å². The molecule has 0 aromatic carbocycles. The first-order valence-electron chi connectivity index (χ1n) is 6.76. The molecule has 0 radical (unpaired) electrons. The van der Waals surface area contributed by atoms with Crippen LogP contribution in [0.2, 0.25) is 0 Å². The number of hydrogen-bond acceptors (Lipinski definition) is 5. The molecule has 1 aromatic rings. The van der Waals surface area contributed by atoms with Gasteiger partial charge in [0.1, 0.15) is 5.54 Å². The third kappa shape index (κ3) is 3.35. The van der Waals surface area contributed by atoms with Crippen LogP contribution < -0.4 is 5.32 Å². The van der Waals surface area contributed by atoms with Crippen molar-refractivity contribution in [3.63, 3.8) is 0 Å². The molecule has 0 atom stereocenters. The van der Waals surface area contributed by atoms with Crippen molar-refractivity contribution >= 4 is 17.3 Å². The van der Waals surface area contributed by atoms with Crippen LogP contribution in [-0.4, -0.2) is 30.8 Å². The van der Waals surface area contributed by atoms with Crippen LogP contribution in [0.25, 0.3) is 0 Å². The Morgan fingerprint density at radius 2 is 2.26 bits per heavy atom. The van der Waals surface area contributed by atoms with Crippen LogP contribution in [0.3, 0.4) is 0 Å². The summed E-state index contributed by atoms with van der Waals surface area (Å²) in [5, 5.41) is 5.40. The van der Waals surface area contributed by atoms with Gasteiger partial charge in [-0.25, -0.2) is 0 Å². The topological polar surface area (TPSA) is 47.6 Å². The second-order valence-electron chi connectivity index (χ2n) is 4.72. The standard InChI is InChI=1S/C14H21NO3S/c1-3-17-11-8-14(9-11,13(16)18-4-2)15-10-12-6-5-7-19-12/h5-7,11,15H,3-4,8-10H2,1-2H3. The molecule has 1 heterocycles. The van der Waals surface area contributed by atoms with E-state index in [2.05, 4.69) is 11.4 Å². The summed E-state index contributed by atoms with van der Waals surface area (Å²) < 4.78 is 10.7. The lowest BCUT2D eigenvalue weighted by molar-refractivity contribution is -0.164. The number of nitrogens with one attached hydrogen (secondary N) is 1. The molecule has 0 saturated heterocycles. The lowest BCUT2D eigenvalue weighted by atomic mass is 9.74. The van der Waals surface area contributed by atoms with E-state index in [1.165, 1.54) is 4.88 Å². The Kier molecular flexibility index (Phi) is 4.96. The van der Waals surface area contributed by atoms with E-state index in [1.54, 1.807) is 11.3 Å². The van der Waals surface area contributed by atoms with Crippen LogP contribution in [0.1, 0.15) is 31.6 Å². The summed E-state index contributed by atoms with van der Waals surface area (Å²) in [5.74, 6) is -0.150. The van der Waals surface area contributed by atoms with E-state index in [-0.39, 0.29) is 12.1 Å². The van der Waals surface area contributed by atoms with E-state index in [0.29, 0.717) is 32.6 Å². The number of esters is 1. The quantitative estimate of drug-likeness (QED) is 0.780. The molecule has 1 N–H and O–H groups in total. The normalized spacial score (nSPS) is 25.9. The first-order valence-corrected chi connectivity index (χ1v) is 7.64. The third-order valence-corrected chi connectivity index (χ3v) is 4.28. The van der Waals surface area contributed by atoms with Crippen molar-refractivity contribution in [2.75, 3.05) is 13.2 Å². The maximum absolute atomic E-state index is 12.1. The highest BCUT2D eigenvalue weighted by atomic mass is 32.1. The summed E-state index contributed by atoms with van der Waals surface area (Å²) in [6.07, 6.45) is 1.57. The molecule has 0 bridgehead atoms. The highest BCUT2D eigenvalue weighted by Gasteiger charge is 2.51. The number of carbonyl (C=O) groups is 1. The van der Waals surface area contributed by atoms with Gasteiger partial charge in [0.05, 0.1) is 12.7 Å². The lowest BCUT2D eigenvalue weighted by Crippen LogP contribution is -2.63. The molecule has 2 rings (SSSR count). The Morgan fingerprint density at radius 3 is 2.84 bits per heavy atom. The zero-order valence-electron chi connectivity index (χ0n) is 11.5. The van der Waals surface area contributed by atoms with Crippen LogP contribution >= 0.6 is 11.3 Å². The molecule has 19 heavy (non-hydrogen) atoms. The van der Waals surface area contributed by atoms with Crippen molar-refractivity contribution in [1.82, 2.24) is 5.32 Å². The minimum absolute atomic E-state index is 0.150. The lowest BCUT2D eigenvalue weighted by Gasteiger charge is -2.45. The molecule has 1 aromatic heterocycles. The highest BCUT2D eigenvalue weighted by Crippen LogP contribution is 2.36. The van der Waals surface area contributed by atoms with Gasteiger partial charge in [-0.2, -0.15) is 0 Å². The molecule has 1 aliphatic rings. The maximum atomic E-state index is 12.1. The summed E-state index contributed by atoms with van der Waals surface area (Å²) in [6, 6.07) is 4.08. The zero-order valence-corrected chi connectivity index (χ0v) is 12.3. The molecule has 0 unspecified atom stereocenters. The fourth-order valence-corrected chi connectivity index (χ4v) is 3.04. The predicted octanol–water partition coefficient (Wildman–Crippen LogP) is 2.34. The second-order valence-corrected chi connectivity index (χ2v) is 5.75. The van der Waals surface area contributed by atoms with Gasteiger partial charge in [-0.15, -0.1) is 11.3 Å². The van der Waals surface area contributed by atoms with Gasteiger partial charge in [-0.05, 0) is 25.3 Å². The highest BCUT2D eigenvalue weighted by molar-refractivity contribution is 7.09. The van der Waals surface area contributed by atoms with Gasteiger partial charge in [0.2, 0.25) is 0 Å². The fourth-order valence-electron chi connectivity index (χ4n) is 2.39. The monoisotopic (exact) mass is 283 g/mol. The summed E-state index contributed by atoms with van der Waals surface area (Å²) in [7, 11) is 0. The van der Waals surface area contributed by atoms with E-state index < -0.39 is 5.54 Å². The van der Waals surface area contributed by atoms with E-state index in [1.807, 2.05) is 25.3 Å². The van der Waals surface area contributed by atoms with Gasteiger partial charge < -0.3 is 9.47 Å². The van der Waals surface area contributed by atoms with Crippen molar-refractivity contribution in [2.24, 2.45) is 0 Å². The van der Waals surface area contributed by atoms with E-state index >= 15 is 0 Å². The van der Waals surface area contributed by atoms with Gasteiger partial charge in [0.15, 0.2) is 0 Å². The second kappa shape index (κ2) is 6.50. The number of rotatable bonds is 7. The zero-order chi connectivity index (χ0) is 13.7. The summed E-state index contributed by atoms with van der Waals surface area (Å²) in [4.78, 5) is 13.3. The van der Waals surface area contributed by atoms with E-state index in [4.69, 9.17) is 9.47 Å². The van der Waals surface area contributed by atoms with Crippen molar-refractivity contribution in [3.05, 3.63) is 22.4 Å². The van der Waals surface area contributed by atoms with Crippen LogP contribution in [-0.2, 0) is 20.8 Å². The van der Waals surface area contributed by atoms with Gasteiger partial charge in [0.25, 0.3) is 0 Å². The Hall–Kier alpha value is -0.910. The third-order valence-electron chi connectivity index (χ3n) is 3.40. The molecule has 4 nitrogen and oxygen atoms in total. The fraction of sp³-hybridized carbons (Fsp3) is 0.643. The Balaban J connectivity index is 1.93. The van der Waals surface area contributed by atoms with Crippen LogP contribution in [0.15, 0.2) is 17.5 Å². The first kappa shape index (κ1) is 14.5. The number of hydrogen-bond donors (Lipinski definition) is 1. The molecular formula is C14H21NO3S. The SMILES string of the molecule is CCOC(=O)C1(NCc2cccs2)CC(OCC)C1. The molecule has 5 heteroatoms. The molecule has 1 saturated carbocycles. The maximum Gasteiger partial charge on any atom is 0.326 e. The average molecular weight is 283 g/mol. The van der Waals surface area contributed by atoms with Crippen LogP contribution in [0.4, 0.5) is 0 Å². The van der Waals surface area contributed by atoms with Crippen molar-refractivity contribution < 1.29 is 14.3 Å². The minimum atomic E-state index is -0.556. The number of carbonyl (C=O) groups excluding carboxylic acids is 1. The molecule has 0 amide bonds. The van der Waals surface area contributed by atoms with Gasteiger partial charge in [-0.1, -0.05) is 6.07 Å². The molecule has 106 valence electrons. The van der Waals surface area contributed by atoms with Crippen LogP contribution in [0.5, 0.6) is 0 Å². The van der Waals surface area contributed by atoms with Crippen LogP contribution in [0, 0.1) is 0 Å². The number of ether oxygens (including phenoxy) is 2.